The summed E-state index contributed by atoms with van der Waals surface area (Å²) in [7, 11) is 1.35. The predicted molar refractivity (Wildman–Crippen MR) is 62.9 cm³/mol. The van der Waals surface area contributed by atoms with E-state index in [9.17, 15) is 9.59 Å². The number of hydrogen-bond acceptors (Lipinski definition) is 2. The summed E-state index contributed by atoms with van der Waals surface area (Å²) in [5.41, 5.74) is -0.285. The Hall–Kier alpha value is -0.970. The lowest BCUT2D eigenvalue weighted by Crippen LogP contribution is -2.18. The van der Waals surface area contributed by atoms with Gasteiger partial charge in [0.2, 0.25) is 6.41 Å². The van der Waals surface area contributed by atoms with Crippen molar-refractivity contribution in [3.63, 3.8) is 0 Å². The van der Waals surface area contributed by atoms with Gasteiger partial charge in [-0.15, -0.1) is 0 Å². The molecule has 0 aliphatic carbocycles. The van der Waals surface area contributed by atoms with Crippen LogP contribution in [0.2, 0.25) is 15.1 Å². The van der Waals surface area contributed by atoms with Crippen LogP contribution in [0.3, 0.4) is 0 Å². The molecule has 0 radical (unpaired) electrons. The molecule has 0 aromatic heterocycles. The Morgan fingerprint density at radius 2 is 1.94 bits per heavy atom. The molecule has 0 unspecified atom stereocenters. The summed E-state index contributed by atoms with van der Waals surface area (Å²) in [4.78, 5) is 22.6. The maximum atomic E-state index is 11.0. The number of nitrogens with zero attached hydrogens (tertiary/aromatic N) is 1. The molecule has 0 heterocycles. The van der Waals surface area contributed by atoms with Crippen molar-refractivity contribution in [2.75, 3.05) is 11.9 Å². The summed E-state index contributed by atoms with van der Waals surface area (Å²) in [5.74, 6) is -1.28. The van der Waals surface area contributed by atoms with Crippen LogP contribution in [0, 0.1) is 0 Å². The maximum absolute atomic E-state index is 11.0. The highest BCUT2D eigenvalue weighted by Gasteiger charge is 2.23. The summed E-state index contributed by atoms with van der Waals surface area (Å²) >= 11 is 17.3. The molecule has 1 aromatic carbocycles. The molecule has 0 atom stereocenters. The molecule has 1 amide bonds. The van der Waals surface area contributed by atoms with Gasteiger partial charge in [0.25, 0.3) is 0 Å². The zero-order valence-electron chi connectivity index (χ0n) is 8.00. The van der Waals surface area contributed by atoms with E-state index in [0.29, 0.717) is 6.41 Å². The number of anilines is 1. The molecule has 1 aromatic rings. The highest BCUT2D eigenvalue weighted by atomic mass is 35.5. The molecule has 0 bridgehead atoms. The van der Waals surface area contributed by atoms with Crippen LogP contribution in [0.4, 0.5) is 5.69 Å². The van der Waals surface area contributed by atoms with E-state index in [4.69, 9.17) is 39.9 Å². The van der Waals surface area contributed by atoms with Crippen molar-refractivity contribution in [1.29, 1.82) is 0 Å². The molecule has 0 aliphatic heterocycles. The van der Waals surface area contributed by atoms with Crippen LogP contribution in [-0.2, 0) is 4.79 Å². The zero-order chi connectivity index (χ0) is 12.5. The number of carbonyl (C=O) groups is 2. The van der Waals surface area contributed by atoms with Crippen LogP contribution in [-0.4, -0.2) is 24.5 Å². The summed E-state index contributed by atoms with van der Waals surface area (Å²) in [6, 6.07) is 1.22. The smallest absolute Gasteiger partial charge is 0.339 e. The minimum absolute atomic E-state index is 0.0262. The Morgan fingerprint density at radius 3 is 2.38 bits per heavy atom. The molecule has 1 rings (SSSR count). The number of benzene rings is 1. The number of rotatable bonds is 3. The van der Waals surface area contributed by atoms with Crippen molar-refractivity contribution >= 4 is 52.9 Å². The van der Waals surface area contributed by atoms with Crippen molar-refractivity contribution in [2.45, 2.75) is 0 Å². The van der Waals surface area contributed by atoms with Crippen LogP contribution < -0.4 is 4.90 Å². The fourth-order valence-electron chi connectivity index (χ4n) is 1.17. The number of hydrogen-bond donors (Lipinski definition) is 1. The molecule has 0 aliphatic rings. The molecular formula is C9H6Cl3NO3. The second kappa shape index (κ2) is 4.91. The number of amides is 1. The first kappa shape index (κ1) is 13.1. The highest BCUT2D eigenvalue weighted by molar-refractivity contribution is 6.46. The lowest BCUT2D eigenvalue weighted by atomic mass is 10.1. The van der Waals surface area contributed by atoms with E-state index in [1.54, 1.807) is 0 Å². The predicted octanol–water partition coefficient (Wildman–Crippen LogP) is 2.94. The van der Waals surface area contributed by atoms with Gasteiger partial charge in [-0.3, -0.25) is 4.79 Å². The Kier molecular flexibility index (Phi) is 4.02. The van der Waals surface area contributed by atoms with Crippen LogP contribution in [0.25, 0.3) is 0 Å². The van der Waals surface area contributed by atoms with Crippen LogP contribution in [0.5, 0.6) is 0 Å². The normalized spacial score (nSPS) is 10.0. The van der Waals surface area contributed by atoms with E-state index < -0.39 is 5.97 Å². The first-order chi connectivity index (χ1) is 7.40. The standard InChI is InChI=1S/C9H6Cl3NO3/c1-13(3-14)8-6(9(15)16)4(10)2-5(11)7(8)12/h2-3H,1H3,(H,15,16). The molecule has 0 fully saturated rings. The third-order valence-corrected chi connectivity index (χ3v) is 2.95. The SMILES string of the molecule is CN(C=O)c1c(Cl)c(Cl)cc(Cl)c1C(=O)O. The van der Waals surface area contributed by atoms with Gasteiger partial charge in [0.05, 0.1) is 20.8 Å². The van der Waals surface area contributed by atoms with E-state index in [0.717, 1.165) is 4.90 Å². The second-order valence-electron chi connectivity index (χ2n) is 2.90. The first-order valence-electron chi connectivity index (χ1n) is 3.99. The van der Waals surface area contributed by atoms with Gasteiger partial charge in [0.1, 0.15) is 5.56 Å². The summed E-state index contributed by atoms with van der Waals surface area (Å²) in [5, 5.41) is 8.95. The van der Waals surface area contributed by atoms with Gasteiger partial charge in [-0.2, -0.15) is 0 Å². The topological polar surface area (TPSA) is 57.6 Å². The lowest BCUT2D eigenvalue weighted by Gasteiger charge is -2.17. The fraction of sp³-hybridized carbons (Fsp3) is 0.111. The molecule has 0 saturated carbocycles. The van der Waals surface area contributed by atoms with E-state index in [1.807, 2.05) is 0 Å². The number of halogens is 3. The average molecular weight is 283 g/mol. The quantitative estimate of drug-likeness (QED) is 0.685. The van der Waals surface area contributed by atoms with Gasteiger partial charge in [0.15, 0.2) is 0 Å². The largest absolute Gasteiger partial charge is 0.478 e. The van der Waals surface area contributed by atoms with Gasteiger partial charge in [-0.25, -0.2) is 4.79 Å². The van der Waals surface area contributed by atoms with Gasteiger partial charge in [-0.1, -0.05) is 34.8 Å². The Morgan fingerprint density at radius 1 is 1.38 bits per heavy atom. The third-order valence-electron chi connectivity index (χ3n) is 1.87. The number of carboxylic acid groups (broad SMARTS) is 1. The number of aromatic carboxylic acids is 1. The Bertz CT molecular complexity index is 462. The molecule has 0 saturated heterocycles. The van der Waals surface area contributed by atoms with Gasteiger partial charge < -0.3 is 10.0 Å². The summed E-state index contributed by atoms with van der Waals surface area (Å²) in [6.45, 7) is 0. The summed E-state index contributed by atoms with van der Waals surface area (Å²) in [6.07, 6.45) is 0.417. The first-order valence-corrected chi connectivity index (χ1v) is 5.12. The summed E-state index contributed by atoms with van der Waals surface area (Å²) < 4.78 is 0. The molecule has 1 N–H and O–H groups in total. The number of carbonyl (C=O) groups excluding carboxylic acids is 1. The minimum Gasteiger partial charge on any atom is -0.478 e. The van der Waals surface area contributed by atoms with Crippen LogP contribution in [0.15, 0.2) is 6.07 Å². The monoisotopic (exact) mass is 281 g/mol. The van der Waals surface area contributed by atoms with E-state index >= 15 is 0 Å². The maximum Gasteiger partial charge on any atom is 0.339 e. The van der Waals surface area contributed by atoms with Crippen molar-refractivity contribution in [3.05, 3.63) is 26.7 Å². The second-order valence-corrected chi connectivity index (χ2v) is 4.09. The third kappa shape index (κ3) is 2.24. The van der Waals surface area contributed by atoms with Crippen molar-refractivity contribution in [1.82, 2.24) is 0 Å². The fourth-order valence-corrected chi connectivity index (χ4v) is 1.99. The number of carboxylic acids is 1. The van der Waals surface area contributed by atoms with E-state index in [2.05, 4.69) is 0 Å². The average Bonchev–Trinajstić information content (AvgIpc) is 2.21. The molecule has 7 heteroatoms. The van der Waals surface area contributed by atoms with Crippen molar-refractivity contribution in [2.24, 2.45) is 0 Å². The van der Waals surface area contributed by atoms with Crippen LogP contribution in [0.1, 0.15) is 10.4 Å². The molecule has 16 heavy (non-hydrogen) atoms. The molecule has 4 nitrogen and oxygen atoms in total. The molecule has 0 spiro atoms. The van der Waals surface area contributed by atoms with Gasteiger partial charge in [0, 0.05) is 7.05 Å². The van der Waals surface area contributed by atoms with Crippen molar-refractivity contribution < 1.29 is 14.7 Å². The Balaban J connectivity index is 3.64. The minimum atomic E-state index is -1.28. The van der Waals surface area contributed by atoms with Gasteiger partial charge in [-0.05, 0) is 6.07 Å². The lowest BCUT2D eigenvalue weighted by molar-refractivity contribution is -0.107. The highest BCUT2D eigenvalue weighted by Crippen LogP contribution is 2.39. The molecule has 86 valence electrons. The van der Waals surface area contributed by atoms with E-state index in [-0.39, 0.29) is 26.3 Å². The van der Waals surface area contributed by atoms with Crippen LogP contribution >= 0.6 is 34.8 Å². The van der Waals surface area contributed by atoms with E-state index in [1.165, 1.54) is 13.1 Å². The van der Waals surface area contributed by atoms with Gasteiger partial charge >= 0.3 is 5.97 Å². The van der Waals surface area contributed by atoms with Crippen molar-refractivity contribution in [3.8, 4) is 0 Å². The Labute approximate surface area is 106 Å². The zero-order valence-corrected chi connectivity index (χ0v) is 10.3. The molecular weight excluding hydrogens is 276 g/mol.